The van der Waals surface area contributed by atoms with Crippen LogP contribution in [0.1, 0.15) is 50.7 Å². The van der Waals surface area contributed by atoms with Crippen LogP contribution >= 0.6 is 15.9 Å². The van der Waals surface area contributed by atoms with E-state index in [1.807, 2.05) is 0 Å². The summed E-state index contributed by atoms with van der Waals surface area (Å²) in [5, 5.41) is 7.43. The van der Waals surface area contributed by atoms with Gasteiger partial charge in [0.15, 0.2) is 30.2 Å². The highest BCUT2D eigenvalue weighted by molar-refractivity contribution is 9.10. The van der Waals surface area contributed by atoms with E-state index in [1.54, 1.807) is 12.1 Å². The molecule has 1 N–H and O–H groups in total. The summed E-state index contributed by atoms with van der Waals surface area (Å²) in [5.41, 5.74) is 1.12. The number of Topliss-reactive ketones (excluding diaryl/α,β-unsaturated/α-hetero) is 1. The lowest BCUT2D eigenvalue weighted by atomic mass is 9.94. The van der Waals surface area contributed by atoms with Gasteiger partial charge in [0.2, 0.25) is 0 Å². The van der Waals surface area contributed by atoms with Gasteiger partial charge in [-0.3, -0.25) is 29.1 Å². The first kappa shape index (κ1) is 28.8. The van der Waals surface area contributed by atoms with Crippen LogP contribution in [0.15, 0.2) is 16.6 Å². The highest BCUT2D eigenvalue weighted by Gasteiger charge is 2.51. The largest absolute Gasteiger partial charge is 0.463 e. The van der Waals surface area contributed by atoms with Gasteiger partial charge in [-0.1, -0.05) is 27.8 Å². The topological polar surface area (TPSA) is 160 Å². The number of H-pyrrole nitrogens is 1. The van der Waals surface area contributed by atoms with Gasteiger partial charge >= 0.3 is 23.9 Å². The molecule has 12 nitrogen and oxygen atoms in total. The second-order valence-corrected chi connectivity index (χ2v) is 9.31. The highest BCUT2D eigenvalue weighted by atomic mass is 79.9. The van der Waals surface area contributed by atoms with Crippen molar-refractivity contribution in [1.29, 1.82) is 0 Å². The molecule has 1 aromatic carbocycles. The number of rotatable bonds is 6. The molecule has 5 atom stereocenters. The zero-order valence-electron chi connectivity index (χ0n) is 21.2. The van der Waals surface area contributed by atoms with Gasteiger partial charge in [0, 0.05) is 44.5 Å². The van der Waals surface area contributed by atoms with Crippen molar-refractivity contribution >= 4 is 56.5 Å². The average molecular weight is 593 g/mol. The van der Waals surface area contributed by atoms with E-state index >= 15 is 0 Å². The number of aromatic amines is 1. The number of esters is 4. The van der Waals surface area contributed by atoms with Crippen LogP contribution in [-0.4, -0.2) is 77.0 Å². The second kappa shape index (κ2) is 12.2. The van der Waals surface area contributed by atoms with E-state index in [0.717, 1.165) is 20.8 Å². The zero-order chi connectivity index (χ0) is 28.1. The maximum Gasteiger partial charge on any atom is 0.303 e. The van der Waals surface area contributed by atoms with E-state index in [9.17, 15) is 24.0 Å². The van der Waals surface area contributed by atoms with Crippen molar-refractivity contribution in [3.05, 3.63) is 27.9 Å². The molecule has 1 aromatic heterocycles. The number of hydrogen-bond acceptors (Lipinski definition) is 11. The minimum atomic E-state index is -1.33. The molecule has 0 aliphatic carbocycles. The molecule has 38 heavy (non-hydrogen) atoms. The zero-order valence-corrected chi connectivity index (χ0v) is 22.7. The minimum Gasteiger partial charge on any atom is -0.463 e. The summed E-state index contributed by atoms with van der Waals surface area (Å²) < 4.78 is 27.9. The van der Waals surface area contributed by atoms with Crippen LogP contribution in [0.25, 0.3) is 10.9 Å². The van der Waals surface area contributed by atoms with E-state index in [4.69, 9.17) is 23.7 Å². The molecule has 0 unspecified atom stereocenters. The molecule has 0 amide bonds. The van der Waals surface area contributed by atoms with Crippen LogP contribution in [0.3, 0.4) is 0 Å². The summed E-state index contributed by atoms with van der Waals surface area (Å²) in [5.74, 6) is 2.74. The van der Waals surface area contributed by atoms with Crippen LogP contribution in [0.2, 0.25) is 0 Å². The van der Waals surface area contributed by atoms with Gasteiger partial charge in [0.05, 0.1) is 5.56 Å². The molecule has 1 aliphatic heterocycles. The van der Waals surface area contributed by atoms with E-state index in [0.29, 0.717) is 26.6 Å². The number of ether oxygens (including phenoxy) is 5. The number of benzene rings is 1. The summed E-state index contributed by atoms with van der Waals surface area (Å²) in [7, 11) is 0. The normalized spacial score (nSPS) is 22.5. The first-order chi connectivity index (χ1) is 17.9. The Balaban J connectivity index is 2.11. The first-order valence-corrected chi connectivity index (χ1v) is 12.2. The van der Waals surface area contributed by atoms with Gasteiger partial charge in [-0.25, -0.2) is 0 Å². The third-order valence-electron chi connectivity index (χ3n) is 5.32. The lowest BCUT2D eigenvalue weighted by Gasteiger charge is -2.42. The standard InChI is InChI=1S/C25H25BrN2O10/c1-11(29)21-18-9-17(26)8-16(22(18)28-27-21)6-7-19-23(35-13(3)31)25(37-15(5)33)24(36-14(4)32)20(38-19)10-34-12(2)30/h8-9,19-20,23-25H,10H2,1-5H3,(H,27,28)/t19-,20-,23-,24-,25-/m1/s1. The fourth-order valence-corrected chi connectivity index (χ4v) is 4.40. The molecular weight excluding hydrogens is 568 g/mol. The SMILES string of the molecule is CC(=O)OC[C@H]1O[C@H](C#Cc2cc(Br)cc3c(C(C)=O)[nH]nc23)[C@@H](OC(C)=O)[C@@H](OC(C)=O)[C@@H]1OC(C)=O. The van der Waals surface area contributed by atoms with Crippen molar-refractivity contribution < 1.29 is 47.7 Å². The molecule has 3 rings (SSSR count). The summed E-state index contributed by atoms with van der Waals surface area (Å²) in [6.45, 7) is 5.64. The maximum atomic E-state index is 12.0. The van der Waals surface area contributed by atoms with Gasteiger partial charge in [-0.05, 0) is 12.1 Å². The predicted molar refractivity (Wildman–Crippen MR) is 133 cm³/mol. The molecule has 13 heteroatoms. The summed E-state index contributed by atoms with van der Waals surface area (Å²) in [4.78, 5) is 59.2. The van der Waals surface area contributed by atoms with Crippen molar-refractivity contribution in [2.24, 2.45) is 0 Å². The predicted octanol–water partition coefficient (Wildman–Crippen LogP) is 2.01. The van der Waals surface area contributed by atoms with Crippen molar-refractivity contribution in [2.45, 2.75) is 65.1 Å². The second-order valence-electron chi connectivity index (χ2n) is 8.39. The lowest BCUT2D eigenvalue weighted by molar-refractivity contribution is -0.242. The quantitative estimate of drug-likeness (QED) is 0.226. The molecular formula is C25H25BrN2O10. The van der Waals surface area contributed by atoms with Gasteiger partial charge < -0.3 is 23.7 Å². The summed E-state index contributed by atoms with van der Waals surface area (Å²) in [6, 6.07) is 3.39. The van der Waals surface area contributed by atoms with Gasteiger partial charge in [-0.2, -0.15) is 5.10 Å². The molecule has 1 aliphatic rings. The van der Waals surface area contributed by atoms with Crippen molar-refractivity contribution in [3.8, 4) is 11.8 Å². The lowest BCUT2D eigenvalue weighted by Crippen LogP contribution is -2.62. The fraction of sp³-hybridized carbons (Fsp3) is 0.440. The highest BCUT2D eigenvalue weighted by Crippen LogP contribution is 2.30. The number of carbonyl (C=O) groups excluding carboxylic acids is 5. The van der Waals surface area contributed by atoms with E-state index in [2.05, 4.69) is 38.0 Å². The van der Waals surface area contributed by atoms with E-state index < -0.39 is 54.4 Å². The number of halogens is 1. The molecule has 202 valence electrons. The maximum absolute atomic E-state index is 12.0. The monoisotopic (exact) mass is 592 g/mol. The Morgan fingerprint density at radius 2 is 1.53 bits per heavy atom. The molecule has 0 spiro atoms. The number of fused-ring (bicyclic) bond motifs is 1. The summed E-state index contributed by atoms with van der Waals surface area (Å²) in [6.07, 6.45) is -6.24. The molecule has 0 bridgehead atoms. The van der Waals surface area contributed by atoms with Crippen molar-refractivity contribution in [3.63, 3.8) is 0 Å². The Labute approximate surface area is 225 Å². The number of aromatic nitrogens is 2. The molecule has 0 radical (unpaired) electrons. The number of hydrogen-bond donors (Lipinski definition) is 1. The third kappa shape index (κ3) is 6.96. The number of nitrogens with one attached hydrogen (secondary N) is 1. The van der Waals surface area contributed by atoms with E-state index in [-0.39, 0.29) is 12.4 Å². The Kier molecular flexibility index (Phi) is 9.24. The fourth-order valence-electron chi connectivity index (χ4n) is 3.94. The molecule has 2 heterocycles. The van der Waals surface area contributed by atoms with E-state index in [1.165, 1.54) is 13.8 Å². The van der Waals surface area contributed by atoms with Gasteiger partial charge in [0.25, 0.3) is 0 Å². The first-order valence-electron chi connectivity index (χ1n) is 11.4. The Hall–Kier alpha value is -3.76. The van der Waals surface area contributed by atoms with Gasteiger partial charge in [0.1, 0.15) is 23.9 Å². The number of nitrogens with zero attached hydrogens (tertiary/aromatic N) is 1. The summed E-state index contributed by atoms with van der Waals surface area (Å²) >= 11 is 3.40. The van der Waals surface area contributed by atoms with Gasteiger partial charge in [-0.15, -0.1) is 0 Å². The average Bonchev–Trinajstić information content (AvgIpc) is 3.22. The van der Waals surface area contributed by atoms with Crippen LogP contribution in [-0.2, 0) is 42.9 Å². The molecule has 2 aromatic rings. The Bertz CT molecular complexity index is 1340. The number of carbonyl (C=O) groups is 5. The molecule has 1 saturated heterocycles. The number of ketones is 1. The third-order valence-corrected chi connectivity index (χ3v) is 5.77. The Morgan fingerprint density at radius 3 is 2.11 bits per heavy atom. The van der Waals surface area contributed by atoms with Crippen molar-refractivity contribution in [1.82, 2.24) is 10.2 Å². The van der Waals surface area contributed by atoms with Crippen LogP contribution in [0.5, 0.6) is 0 Å². The van der Waals surface area contributed by atoms with Crippen LogP contribution in [0, 0.1) is 11.8 Å². The van der Waals surface area contributed by atoms with Crippen LogP contribution < -0.4 is 0 Å². The smallest absolute Gasteiger partial charge is 0.303 e. The Morgan fingerprint density at radius 1 is 0.921 bits per heavy atom. The minimum absolute atomic E-state index is 0.218. The van der Waals surface area contributed by atoms with Crippen LogP contribution in [0.4, 0.5) is 0 Å². The molecule has 0 saturated carbocycles. The van der Waals surface area contributed by atoms with Crippen molar-refractivity contribution in [2.75, 3.05) is 6.61 Å². The molecule has 1 fully saturated rings.